The number of ether oxygens (including phenoxy) is 3. The van der Waals surface area contributed by atoms with Crippen molar-refractivity contribution < 1.29 is 18.6 Å². The Morgan fingerprint density at radius 1 is 0.939 bits per heavy atom. The lowest BCUT2D eigenvalue weighted by molar-refractivity contribution is 0.174. The summed E-state index contributed by atoms with van der Waals surface area (Å²) in [5, 5.41) is 1.63. The molecule has 0 saturated carbocycles. The number of benzene rings is 2. The molecule has 6 heteroatoms. The normalized spacial score (nSPS) is 14.5. The summed E-state index contributed by atoms with van der Waals surface area (Å²) in [6, 6.07) is 7.70. The molecule has 1 aliphatic heterocycles. The number of aryl methyl sites for hydroxylation is 2. The lowest BCUT2D eigenvalue weighted by Crippen LogP contribution is -2.16. The Morgan fingerprint density at radius 2 is 1.73 bits per heavy atom. The van der Waals surface area contributed by atoms with E-state index in [-0.39, 0.29) is 19.0 Å². The van der Waals surface area contributed by atoms with Crippen molar-refractivity contribution in [2.75, 3.05) is 6.79 Å². The minimum Gasteiger partial charge on any atom is -0.488 e. The maximum Gasteiger partial charge on any atom is 0.339 e. The van der Waals surface area contributed by atoms with Crippen LogP contribution in [0.15, 0.2) is 33.5 Å². The molecule has 0 N–H and O–H groups in total. The number of hydrogen-bond donors (Lipinski definition) is 0. The highest BCUT2D eigenvalue weighted by Gasteiger charge is 2.21. The van der Waals surface area contributed by atoms with Crippen molar-refractivity contribution >= 4 is 22.6 Å². The van der Waals surface area contributed by atoms with E-state index in [2.05, 4.69) is 13.0 Å². The van der Waals surface area contributed by atoms with Gasteiger partial charge in [0.15, 0.2) is 11.5 Å². The fourth-order valence-corrected chi connectivity index (χ4v) is 5.02. The van der Waals surface area contributed by atoms with Crippen LogP contribution in [-0.4, -0.2) is 6.79 Å². The van der Waals surface area contributed by atoms with Gasteiger partial charge in [0, 0.05) is 28.6 Å². The van der Waals surface area contributed by atoms with E-state index in [9.17, 15) is 4.79 Å². The van der Waals surface area contributed by atoms with E-state index >= 15 is 0 Å². The first kappa shape index (κ1) is 22.1. The average molecular weight is 469 g/mol. The first-order valence-corrected chi connectivity index (χ1v) is 12.3. The Labute approximate surface area is 198 Å². The summed E-state index contributed by atoms with van der Waals surface area (Å²) in [5.41, 5.74) is 4.38. The molecule has 0 bridgehead atoms. The van der Waals surface area contributed by atoms with E-state index in [1.807, 2.05) is 12.1 Å². The standard InChI is InChI=1S/C27H29ClO5/c1-2-3-4-5-8-17-11-21-19-9-6-7-10-20(19)27(29)33-24(21)14-23(17)30-15-18-12-25-26(13-22(18)28)32-16-31-25/h11-14H,2-10,15-16H2,1H3. The zero-order valence-electron chi connectivity index (χ0n) is 19.0. The van der Waals surface area contributed by atoms with Crippen molar-refractivity contribution in [3.05, 3.63) is 62.0 Å². The van der Waals surface area contributed by atoms with Gasteiger partial charge in [-0.25, -0.2) is 4.79 Å². The summed E-state index contributed by atoms with van der Waals surface area (Å²) in [6.45, 7) is 2.71. The highest BCUT2D eigenvalue weighted by molar-refractivity contribution is 6.31. The molecule has 3 aromatic rings. The fraction of sp³-hybridized carbons (Fsp3) is 0.444. The van der Waals surface area contributed by atoms with Crippen LogP contribution in [0.1, 0.15) is 67.7 Å². The predicted octanol–water partition coefficient (Wildman–Crippen LogP) is 6.76. The summed E-state index contributed by atoms with van der Waals surface area (Å²) in [7, 11) is 0. The van der Waals surface area contributed by atoms with Crippen LogP contribution in [-0.2, 0) is 25.9 Å². The second-order valence-corrected chi connectivity index (χ2v) is 9.31. The number of hydrogen-bond acceptors (Lipinski definition) is 5. The van der Waals surface area contributed by atoms with Gasteiger partial charge < -0.3 is 18.6 Å². The van der Waals surface area contributed by atoms with E-state index < -0.39 is 0 Å². The van der Waals surface area contributed by atoms with E-state index in [0.29, 0.717) is 22.1 Å². The molecule has 2 aliphatic rings. The zero-order valence-corrected chi connectivity index (χ0v) is 19.8. The topological polar surface area (TPSA) is 57.9 Å². The van der Waals surface area contributed by atoms with Crippen molar-refractivity contribution in [2.45, 2.75) is 71.3 Å². The number of halogens is 1. The number of fused-ring (bicyclic) bond motifs is 4. The smallest absolute Gasteiger partial charge is 0.339 e. The summed E-state index contributed by atoms with van der Waals surface area (Å²) in [6.07, 6.45) is 9.52. The van der Waals surface area contributed by atoms with Crippen LogP contribution < -0.4 is 19.8 Å². The fourth-order valence-electron chi connectivity index (χ4n) is 4.81. The molecule has 1 aliphatic carbocycles. The molecule has 2 aromatic carbocycles. The van der Waals surface area contributed by atoms with E-state index in [0.717, 1.165) is 71.9 Å². The first-order valence-electron chi connectivity index (χ1n) is 12.0. The lowest BCUT2D eigenvalue weighted by Gasteiger charge is -2.19. The molecular formula is C27H29ClO5. The summed E-state index contributed by atoms with van der Waals surface area (Å²) >= 11 is 6.45. The molecule has 174 valence electrons. The minimum atomic E-state index is -0.210. The van der Waals surface area contributed by atoms with Gasteiger partial charge in [0.2, 0.25) is 6.79 Å². The Kier molecular flexibility index (Phi) is 6.50. The molecule has 0 amide bonds. The monoisotopic (exact) mass is 468 g/mol. The SMILES string of the molecule is CCCCCCc1cc2c3c(c(=O)oc2cc1OCc1cc2c(cc1Cl)OCO2)CCCC3. The average Bonchev–Trinajstić information content (AvgIpc) is 3.28. The van der Waals surface area contributed by atoms with Gasteiger partial charge in [0.05, 0.1) is 5.02 Å². The third kappa shape index (κ3) is 4.56. The van der Waals surface area contributed by atoms with Crippen molar-refractivity contribution in [3.8, 4) is 17.2 Å². The van der Waals surface area contributed by atoms with E-state index in [1.54, 1.807) is 6.07 Å². The van der Waals surface area contributed by atoms with Crippen molar-refractivity contribution in [1.29, 1.82) is 0 Å². The minimum absolute atomic E-state index is 0.200. The molecule has 0 atom stereocenters. The lowest BCUT2D eigenvalue weighted by atomic mass is 9.89. The molecule has 0 radical (unpaired) electrons. The Morgan fingerprint density at radius 3 is 2.55 bits per heavy atom. The van der Waals surface area contributed by atoms with Crippen LogP contribution in [0.3, 0.4) is 0 Å². The molecular weight excluding hydrogens is 440 g/mol. The summed E-state index contributed by atoms with van der Waals surface area (Å²) < 4.78 is 22.9. The predicted molar refractivity (Wildman–Crippen MR) is 129 cm³/mol. The zero-order chi connectivity index (χ0) is 22.8. The van der Waals surface area contributed by atoms with Gasteiger partial charge in [-0.15, -0.1) is 0 Å². The van der Waals surface area contributed by atoms with Gasteiger partial charge >= 0.3 is 5.63 Å². The Hall–Kier alpha value is -2.66. The maximum atomic E-state index is 12.6. The summed E-state index contributed by atoms with van der Waals surface area (Å²) in [4.78, 5) is 12.6. The van der Waals surface area contributed by atoms with E-state index in [1.165, 1.54) is 19.3 Å². The molecule has 0 unspecified atom stereocenters. The van der Waals surface area contributed by atoms with Gasteiger partial charge in [-0.2, -0.15) is 0 Å². The highest BCUT2D eigenvalue weighted by Crippen LogP contribution is 2.38. The van der Waals surface area contributed by atoms with Gasteiger partial charge in [0.1, 0.15) is 17.9 Å². The molecule has 1 aromatic heterocycles. The van der Waals surface area contributed by atoms with Crippen molar-refractivity contribution in [1.82, 2.24) is 0 Å². The van der Waals surface area contributed by atoms with Crippen LogP contribution in [0, 0.1) is 0 Å². The van der Waals surface area contributed by atoms with Gasteiger partial charge in [-0.1, -0.05) is 37.8 Å². The van der Waals surface area contributed by atoms with Crippen LogP contribution in [0.2, 0.25) is 5.02 Å². The van der Waals surface area contributed by atoms with Gasteiger partial charge in [-0.3, -0.25) is 0 Å². The maximum absolute atomic E-state index is 12.6. The second kappa shape index (κ2) is 9.68. The van der Waals surface area contributed by atoms with Crippen LogP contribution in [0.5, 0.6) is 17.2 Å². The van der Waals surface area contributed by atoms with Gasteiger partial charge in [-0.05, 0) is 61.8 Å². The van der Waals surface area contributed by atoms with Crippen molar-refractivity contribution in [2.24, 2.45) is 0 Å². The number of rotatable bonds is 8. The van der Waals surface area contributed by atoms with Crippen LogP contribution in [0.25, 0.3) is 11.0 Å². The second-order valence-electron chi connectivity index (χ2n) is 8.91. The summed E-state index contributed by atoms with van der Waals surface area (Å²) in [5.74, 6) is 2.07. The molecule has 0 fully saturated rings. The quantitative estimate of drug-likeness (QED) is 0.270. The Bertz CT molecular complexity index is 1230. The molecule has 5 rings (SSSR count). The molecule has 0 spiro atoms. The third-order valence-electron chi connectivity index (χ3n) is 6.63. The Balaban J connectivity index is 1.48. The first-order chi connectivity index (χ1) is 16.1. The third-order valence-corrected chi connectivity index (χ3v) is 6.98. The highest BCUT2D eigenvalue weighted by atomic mass is 35.5. The molecule has 33 heavy (non-hydrogen) atoms. The van der Waals surface area contributed by atoms with Crippen LogP contribution >= 0.6 is 11.6 Å². The van der Waals surface area contributed by atoms with Crippen LogP contribution in [0.4, 0.5) is 0 Å². The molecule has 5 nitrogen and oxygen atoms in total. The van der Waals surface area contributed by atoms with Gasteiger partial charge in [0.25, 0.3) is 0 Å². The molecule has 2 heterocycles. The van der Waals surface area contributed by atoms with E-state index in [4.69, 9.17) is 30.2 Å². The largest absolute Gasteiger partial charge is 0.488 e. The van der Waals surface area contributed by atoms with Crippen molar-refractivity contribution in [3.63, 3.8) is 0 Å². The number of unbranched alkanes of at least 4 members (excludes halogenated alkanes) is 3. The molecule has 0 saturated heterocycles.